The van der Waals surface area contributed by atoms with Crippen molar-refractivity contribution in [1.82, 2.24) is 5.43 Å². The van der Waals surface area contributed by atoms with Crippen LogP contribution in [0.1, 0.15) is 27.0 Å². The Morgan fingerprint density at radius 2 is 1.90 bits per heavy atom. The van der Waals surface area contributed by atoms with Gasteiger partial charge in [-0.15, -0.1) is 0 Å². The average molecular weight is 419 g/mol. The highest BCUT2D eigenvalue weighted by Crippen LogP contribution is 2.25. The predicted molar refractivity (Wildman–Crippen MR) is 117 cm³/mol. The SMILES string of the molecule is COc1ccc(/C=N\NC(=O)c2ccccc2)cc1COc1ccc([N+](=O)[O-])c(C)c1. The third kappa shape index (κ3) is 5.66. The second kappa shape index (κ2) is 10.0. The minimum absolute atomic E-state index is 0.0423. The van der Waals surface area contributed by atoms with Crippen LogP contribution < -0.4 is 14.9 Å². The van der Waals surface area contributed by atoms with Gasteiger partial charge in [-0.25, -0.2) is 5.43 Å². The van der Waals surface area contributed by atoms with Gasteiger partial charge in [0, 0.05) is 22.8 Å². The molecule has 158 valence electrons. The first-order valence-electron chi connectivity index (χ1n) is 9.41. The largest absolute Gasteiger partial charge is 0.496 e. The number of amides is 1. The smallest absolute Gasteiger partial charge is 0.272 e. The van der Waals surface area contributed by atoms with Gasteiger partial charge in [-0.1, -0.05) is 18.2 Å². The first kappa shape index (κ1) is 21.5. The lowest BCUT2D eigenvalue weighted by atomic mass is 10.1. The maximum atomic E-state index is 12.0. The third-order valence-electron chi connectivity index (χ3n) is 4.48. The Labute approximate surface area is 179 Å². The molecule has 1 amide bonds. The number of nitrogens with one attached hydrogen (secondary N) is 1. The fourth-order valence-electron chi connectivity index (χ4n) is 2.89. The molecule has 3 rings (SSSR count). The number of rotatable bonds is 8. The van der Waals surface area contributed by atoms with E-state index in [-0.39, 0.29) is 18.2 Å². The highest BCUT2D eigenvalue weighted by molar-refractivity contribution is 5.94. The van der Waals surface area contributed by atoms with E-state index in [0.29, 0.717) is 22.6 Å². The summed E-state index contributed by atoms with van der Waals surface area (Å²) in [7, 11) is 1.56. The lowest BCUT2D eigenvalue weighted by Crippen LogP contribution is -2.17. The van der Waals surface area contributed by atoms with Gasteiger partial charge in [0.05, 0.1) is 18.2 Å². The minimum Gasteiger partial charge on any atom is -0.496 e. The maximum absolute atomic E-state index is 12.0. The Kier molecular flexibility index (Phi) is 6.95. The molecular formula is C23H21N3O5. The van der Waals surface area contributed by atoms with Crippen LogP contribution in [-0.2, 0) is 6.61 Å². The molecule has 8 heteroatoms. The van der Waals surface area contributed by atoms with E-state index in [9.17, 15) is 14.9 Å². The summed E-state index contributed by atoms with van der Waals surface area (Å²) >= 11 is 0. The number of carbonyl (C=O) groups is 1. The normalized spacial score (nSPS) is 10.6. The molecule has 0 saturated carbocycles. The molecule has 0 aliphatic rings. The number of ether oxygens (including phenoxy) is 2. The molecule has 31 heavy (non-hydrogen) atoms. The Morgan fingerprint density at radius 3 is 2.58 bits per heavy atom. The van der Waals surface area contributed by atoms with Gasteiger partial charge in [0.1, 0.15) is 18.1 Å². The average Bonchev–Trinajstić information content (AvgIpc) is 2.78. The van der Waals surface area contributed by atoms with E-state index in [1.165, 1.54) is 12.3 Å². The lowest BCUT2D eigenvalue weighted by molar-refractivity contribution is -0.385. The zero-order valence-electron chi connectivity index (χ0n) is 17.1. The lowest BCUT2D eigenvalue weighted by Gasteiger charge is -2.11. The molecule has 0 radical (unpaired) electrons. The third-order valence-corrected chi connectivity index (χ3v) is 4.48. The van der Waals surface area contributed by atoms with Crippen molar-refractivity contribution in [3.63, 3.8) is 0 Å². The summed E-state index contributed by atoms with van der Waals surface area (Å²) < 4.78 is 11.2. The quantitative estimate of drug-likeness (QED) is 0.334. The number of aryl methyl sites for hydroxylation is 1. The van der Waals surface area contributed by atoms with Crippen molar-refractivity contribution in [2.45, 2.75) is 13.5 Å². The van der Waals surface area contributed by atoms with Crippen molar-refractivity contribution in [1.29, 1.82) is 0 Å². The number of benzene rings is 3. The number of nitro benzene ring substituents is 1. The zero-order valence-corrected chi connectivity index (χ0v) is 17.1. The van der Waals surface area contributed by atoms with Crippen LogP contribution in [0, 0.1) is 17.0 Å². The van der Waals surface area contributed by atoms with Crippen molar-refractivity contribution >= 4 is 17.8 Å². The summed E-state index contributed by atoms with van der Waals surface area (Å²) in [6, 6.07) is 18.8. The molecular weight excluding hydrogens is 398 g/mol. The molecule has 0 aromatic heterocycles. The Hall–Kier alpha value is -4.20. The van der Waals surface area contributed by atoms with E-state index in [1.54, 1.807) is 62.6 Å². The summed E-state index contributed by atoms with van der Waals surface area (Å²) in [5.74, 6) is 0.839. The summed E-state index contributed by atoms with van der Waals surface area (Å²) in [4.78, 5) is 22.6. The van der Waals surface area contributed by atoms with Gasteiger partial charge in [-0.2, -0.15) is 5.10 Å². The number of carbonyl (C=O) groups excluding carboxylic acids is 1. The zero-order chi connectivity index (χ0) is 22.2. The number of hydrazone groups is 1. The van der Waals surface area contributed by atoms with Crippen LogP contribution in [-0.4, -0.2) is 24.2 Å². The van der Waals surface area contributed by atoms with E-state index >= 15 is 0 Å². The molecule has 0 aliphatic carbocycles. The number of nitro groups is 1. The Balaban J connectivity index is 1.68. The van der Waals surface area contributed by atoms with Crippen LogP contribution in [0.3, 0.4) is 0 Å². The van der Waals surface area contributed by atoms with E-state index in [2.05, 4.69) is 10.5 Å². The van der Waals surface area contributed by atoms with Crippen LogP contribution in [0.5, 0.6) is 11.5 Å². The molecule has 0 unspecified atom stereocenters. The summed E-state index contributed by atoms with van der Waals surface area (Å²) in [6.45, 7) is 1.85. The van der Waals surface area contributed by atoms with E-state index in [0.717, 1.165) is 11.1 Å². The molecule has 3 aromatic rings. The molecule has 0 saturated heterocycles. The minimum atomic E-state index is -0.429. The van der Waals surface area contributed by atoms with Crippen LogP contribution in [0.4, 0.5) is 5.69 Å². The van der Waals surface area contributed by atoms with Crippen molar-refractivity contribution in [3.05, 3.63) is 99.1 Å². The van der Waals surface area contributed by atoms with Crippen LogP contribution >= 0.6 is 0 Å². The summed E-state index contributed by atoms with van der Waals surface area (Å²) in [5.41, 5.74) is 5.07. The van der Waals surface area contributed by atoms with Crippen molar-refractivity contribution < 1.29 is 19.2 Å². The Morgan fingerprint density at radius 1 is 1.13 bits per heavy atom. The molecule has 0 aliphatic heterocycles. The first-order valence-corrected chi connectivity index (χ1v) is 9.41. The molecule has 8 nitrogen and oxygen atoms in total. The second-order valence-corrected chi connectivity index (χ2v) is 6.63. The first-order chi connectivity index (χ1) is 15.0. The molecule has 0 spiro atoms. The predicted octanol–water partition coefficient (Wildman–Crippen LogP) is 4.25. The summed E-state index contributed by atoms with van der Waals surface area (Å²) in [5, 5.41) is 15.0. The molecule has 0 atom stereocenters. The molecule has 0 heterocycles. The standard InChI is InChI=1S/C23H21N3O5/c1-16-12-20(9-10-21(16)26(28)29)31-15-19-13-17(8-11-22(19)30-2)14-24-25-23(27)18-6-4-3-5-7-18/h3-14H,15H2,1-2H3,(H,25,27)/b24-14-. The van der Waals surface area contributed by atoms with E-state index in [1.807, 2.05) is 12.1 Å². The van der Waals surface area contributed by atoms with Gasteiger partial charge in [0.2, 0.25) is 0 Å². The molecule has 0 fully saturated rings. The fourth-order valence-corrected chi connectivity index (χ4v) is 2.89. The van der Waals surface area contributed by atoms with Crippen molar-refractivity contribution in [2.24, 2.45) is 5.10 Å². The van der Waals surface area contributed by atoms with E-state index in [4.69, 9.17) is 9.47 Å². The highest BCUT2D eigenvalue weighted by atomic mass is 16.6. The molecule has 3 aromatic carbocycles. The van der Waals surface area contributed by atoms with Gasteiger partial charge in [0.15, 0.2) is 0 Å². The fraction of sp³-hybridized carbons (Fsp3) is 0.130. The van der Waals surface area contributed by atoms with Crippen molar-refractivity contribution in [2.75, 3.05) is 7.11 Å². The topological polar surface area (TPSA) is 103 Å². The van der Waals surface area contributed by atoms with Crippen molar-refractivity contribution in [3.8, 4) is 11.5 Å². The molecule has 0 bridgehead atoms. The summed E-state index contributed by atoms with van der Waals surface area (Å²) in [6.07, 6.45) is 1.53. The highest BCUT2D eigenvalue weighted by Gasteiger charge is 2.11. The van der Waals surface area contributed by atoms with Gasteiger partial charge in [-0.3, -0.25) is 14.9 Å². The van der Waals surface area contributed by atoms with E-state index < -0.39 is 4.92 Å². The number of hydrogen-bond donors (Lipinski definition) is 1. The maximum Gasteiger partial charge on any atom is 0.272 e. The van der Waals surface area contributed by atoms with Gasteiger partial charge < -0.3 is 9.47 Å². The number of hydrogen-bond acceptors (Lipinski definition) is 6. The van der Waals surface area contributed by atoms with Gasteiger partial charge >= 0.3 is 0 Å². The van der Waals surface area contributed by atoms with Gasteiger partial charge in [-0.05, 0) is 55.0 Å². The van der Waals surface area contributed by atoms with Crippen LogP contribution in [0.2, 0.25) is 0 Å². The number of methoxy groups -OCH3 is 1. The number of nitrogens with zero attached hydrogens (tertiary/aromatic N) is 2. The second-order valence-electron chi connectivity index (χ2n) is 6.63. The van der Waals surface area contributed by atoms with Crippen LogP contribution in [0.15, 0.2) is 71.8 Å². The van der Waals surface area contributed by atoms with Gasteiger partial charge in [0.25, 0.3) is 11.6 Å². The monoisotopic (exact) mass is 419 g/mol. The Bertz CT molecular complexity index is 1110. The molecule has 1 N–H and O–H groups in total. The van der Waals surface area contributed by atoms with Crippen LogP contribution in [0.25, 0.3) is 0 Å².